The van der Waals surface area contributed by atoms with Gasteiger partial charge in [0.25, 0.3) is 0 Å². The Morgan fingerprint density at radius 1 is 1.24 bits per heavy atom. The summed E-state index contributed by atoms with van der Waals surface area (Å²) in [5.41, 5.74) is 2.43. The zero-order chi connectivity index (χ0) is 14.7. The van der Waals surface area contributed by atoms with Gasteiger partial charge in [0.05, 0.1) is 0 Å². The number of carbonyl (C=O) groups excluding carboxylic acids is 1. The van der Waals surface area contributed by atoms with Gasteiger partial charge in [-0.3, -0.25) is 4.79 Å². The zero-order valence-corrected chi connectivity index (χ0v) is 13.0. The van der Waals surface area contributed by atoms with Crippen molar-refractivity contribution in [1.29, 1.82) is 0 Å². The van der Waals surface area contributed by atoms with Crippen LogP contribution in [-0.2, 0) is 11.3 Å². The van der Waals surface area contributed by atoms with Gasteiger partial charge in [0.1, 0.15) is 0 Å². The van der Waals surface area contributed by atoms with E-state index < -0.39 is 0 Å². The van der Waals surface area contributed by atoms with Crippen LogP contribution in [0.25, 0.3) is 0 Å². The molecule has 1 saturated carbocycles. The summed E-state index contributed by atoms with van der Waals surface area (Å²) in [6.45, 7) is 5.13. The highest BCUT2D eigenvalue weighted by Gasteiger charge is 2.32. The van der Waals surface area contributed by atoms with Gasteiger partial charge in [-0.25, -0.2) is 0 Å². The quantitative estimate of drug-likeness (QED) is 0.902. The van der Waals surface area contributed by atoms with Crippen LogP contribution in [0.5, 0.6) is 0 Å². The Morgan fingerprint density at radius 2 is 2.00 bits per heavy atom. The van der Waals surface area contributed by atoms with Crippen molar-refractivity contribution in [3.8, 4) is 0 Å². The Kier molecular flexibility index (Phi) is 4.59. The number of amides is 1. The minimum absolute atomic E-state index is 0.210. The standard InChI is InChI=1S/C18H26N2O/c1-14-3-2-4-16(11-14)13-19-18(21)12-15-7-9-20(10-8-15)17-5-6-17/h2-4,11,15,17H,5-10,12-13H2,1H3,(H,19,21). The number of hydrogen-bond donors (Lipinski definition) is 1. The van der Waals surface area contributed by atoms with Crippen LogP contribution in [0.3, 0.4) is 0 Å². The molecule has 0 unspecified atom stereocenters. The predicted molar refractivity (Wildman–Crippen MR) is 85.0 cm³/mol. The van der Waals surface area contributed by atoms with E-state index in [1.807, 2.05) is 6.07 Å². The predicted octanol–water partition coefficient (Wildman–Crippen LogP) is 2.88. The molecule has 1 aromatic rings. The molecule has 0 aromatic heterocycles. The summed E-state index contributed by atoms with van der Waals surface area (Å²) in [6, 6.07) is 9.21. The van der Waals surface area contributed by atoms with Crippen molar-refractivity contribution in [3.05, 3.63) is 35.4 Å². The largest absolute Gasteiger partial charge is 0.352 e. The van der Waals surface area contributed by atoms with Crippen LogP contribution < -0.4 is 5.32 Å². The number of rotatable bonds is 5. The van der Waals surface area contributed by atoms with Crippen LogP contribution in [-0.4, -0.2) is 29.9 Å². The number of likely N-dealkylation sites (tertiary alicyclic amines) is 1. The zero-order valence-electron chi connectivity index (χ0n) is 13.0. The summed E-state index contributed by atoms with van der Waals surface area (Å²) >= 11 is 0. The monoisotopic (exact) mass is 286 g/mol. The van der Waals surface area contributed by atoms with Gasteiger partial charge in [0, 0.05) is 19.0 Å². The number of aryl methyl sites for hydroxylation is 1. The van der Waals surface area contributed by atoms with Gasteiger partial charge < -0.3 is 10.2 Å². The SMILES string of the molecule is Cc1cccc(CNC(=O)CC2CCN(C3CC3)CC2)c1. The van der Waals surface area contributed by atoms with E-state index in [1.54, 1.807) is 0 Å². The van der Waals surface area contributed by atoms with Crippen molar-refractivity contribution in [2.45, 2.75) is 51.6 Å². The molecule has 1 amide bonds. The van der Waals surface area contributed by atoms with E-state index >= 15 is 0 Å². The first kappa shape index (κ1) is 14.6. The normalized spacial score (nSPS) is 20.4. The summed E-state index contributed by atoms with van der Waals surface area (Å²) < 4.78 is 0. The minimum Gasteiger partial charge on any atom is -0.352 e. The average molecular weight is 286 g/mol. The summed E-state index contributed by atoms with van der Waals surface area (Å²) in [6.07, 6.45) is 5.86. The van der Waals surface area contributed by atoms with Gasteiger partial charge in [0.15, 0.2) is 0 Å². The van der Waals surface area contributed by atoms with Crippen molar-refractivity contribution in [2.75, 3.05) is 13.1 Å². The van der Waals surface area contributed by atoms with Gasteiger partial charge in [0.2, 0.25) is 5.91 Å². The number of nitrogens with zero attached hydrogens (tertiary/aromatic N) is 1. The third kappa shape index (κ3) is 4.31. The fourth-order valence-electron chi connectivity index (χ4n) is 3.32. The van der Waals surface area contributed by atoms with Crippen LogP contribution in [0.15, 0.2) is 24.3 Å². The lowest BCUT2D eigenvalue weighted by Gasteiger charge is -2.31. The molecular formula is C18H26N2O. The molecule has 1 aromatic carbocycles. The Balaban J connectivity index is 1.38. The maximum absolute atomic E-state index is 12.1. The molecule has 3 nitrogen and oxygen atoms in total. The summed E-state index contributed by atoms with van der Waals surface area (Å²) in [5.74, 6) is 0.791. The fourth-order valence-corrected chi connectivity index (χ4v) is 3.32. The Morgan fingerprint density at radius 3 is 2.67 bits per heavy atom. The molecule has 3 heteroatoms. The van der Waals surface area contributed by atoms with Gasteiger partial charge in [-0.2, -0.15) is 0 Å². The molecule has 0 spiro atoms. The second-order valence-electron chi connectivity index (χ2n) is 6.68. The van der Waals surface area contributed by atoms with E-state index in [0.29, 0.717) is 18.9 Å². The van der Waals surface area contributed by atoms with Crippen LogP contribution in [0.1, 0.15) is 43.2 Å². The van der Waals surface area contributed by atoms with Crippen LogP contribution >= 0.6 is 0 Å². The molecule has 3 rings (SSSR count). The van der Waals surface area contributed by atoms with Gasteiger partial charge in [-0.15, -0.1) is 0 Å². The number of piperidine rings is 1. The van der Waals surface area contributed by atoms with Crippen LogP contribution in [0.2, 0.25) is 0 Å². The Bertz CT molecular complexity index is 488. The van der Waals surface area contributed by atoms with Crippen molar-refractivity contribution in [1.82, 2.24) is 10.2 Å². The lowest BCUT2D eigenvalue weighted by atomic mass is 9.93. The molecule has 1 aliphatic carbocycles. The van der Waals surface area contributed by atoms with E-state index in [1.165, 1.54) is 49.9 Å². The van der Waals surface area contributed by atoms with Gasteiger partial charge in [-0.1, -0.05) is 29.8 Å². The van der Waals surface area contributed by atoms with E-state index in [2.05, 4.69) is 35.3 Å². The molecule has 1 saturated heterocycles. The Hall–Kier alpha value is -1.35. The smallest absolute Gasteiger partial charge is 0.220 e. The molecule has 2 aliphatic rings. The Labute approximate surface area is 127 Å². The molecular weight excluding hydrogens is 260 g/mol. The highest BCUT2D eigenvalue weighted by Crippen LogP contribution is 2.31. The van der Waals surface area contributed by atoms with Gasteiger partial charge >= 0.3 is 0 Å². The molecule has 1 heterocycles. The molecule has 0 bridgehead atoms. The second-order valence-corrected chi connectivity index (χ2v) is 6.68. The minimum atomic E-state index is 0.210. The number of carbonyl (C=O) groups is 1. The number of benzene rings is 1. The van der Waals surface area contributed by atoms with E-state index in [0.717, 1.165) is 6.04 Å². The number of hydrogen-bond acceptors (Lipinski definition) is 2. The van der Waals surface area contributed by atoms with Gasteiger partial charge in [-0.05, 0) is 57.2 Å². The van der Waals surface area contributed by atoms with E-state index in [-0.39, 0.29) is 5.91 Å². The summed E-state index contributed by atoms with van der Waals surface area (Å²) in [7, 11) is 0. The second kappa shape index (κ2) is 6.61. The average Bonchev–Trinajstić information content (AvgIpc) is 3.31. The molecule has 21 heavy (non-hydrogen) atoms. The van der Waals surface area contributed by atoms with Crippen molar-refractivity contribution >= 4 is 5.91 Å². The highest BCUT2D eigenvalue weighted by atomic mass is 16.1. The number of nitrogens with one attached hydrogen (secondary N) is 1. The lowest BCUT2D eigenvalue weighted by Crippen LogP contribution is -2.37. The van der Waals surface area contributed by atoms with Crippen molar-refractivity contribution < 1.29 is 4.79 Å². The molecule has 1 aliphatic heterocycles. The van der Waals surface area contributed by atoms with Crippen molar-refractivity contribution in [2.24, 2.45) is 5.92 Å². The molecule has 0 radical (unpaired) electrons. The summed E-state index contributed by atoms with van der Waals surface area (Å²) in [4.78, 5) is 14.7. The maximum atomic E-state index is 12.1. The van der Waals surface area contributed by atoms with E-state index in [9.17, 15) is 4.79 Å². The lowest BCUT2D eigenvalue weighted by molar-refractivity contribution is -0.122. The molecule has 2 fully saturated rings. The van der Waals surface area contributed by atoms with E-state index in [4.69, 9.17) is 0 Å². The summed E-state index contributed by atoms with van der Waals surface area (Å²) in [5, 5.41) is 3.07. The molecule has 114 valence electrons. The molecule has 1 N–H and O–H groups in total. The first-order valence-corrected chi connectivity index (χ1v) is 8.27. The third-order valence-corrected chi connectivity index (χ3v) is 4.76. The fraction of sp³-hybridized carbons (Fsp3) is 0.611. The first-order chi connectivity index (χ1) is 10.2. The topological polar surface area (TPSA) is 32.3 Å². The van der Waals surface area contributed by atoms with Crippen LogP contribution in [0.4, 0.5) is 0 Å². The molecule has 0 atom stereocenters. The first-order valence-electron chi connectivity index (χ1n) is 8.27. The highest BCUT2D eigenvalue weighted by molar-refractivity contribution is 5.76. The van der Waals surface area contributed by atoms with Crippen LogP contribution in [0, 0.1) is 12.8 Å². The third-order valence-electron chi connectivity index (χ3n) is 4.76. The maximum Gasteiger partial charge on any atom is 0.220 e. The van der Waals surface area contributed by atoms with Crippen molar-refractivity contribution in [3.63, 3.8) is 0 Å².